The molecule has 0 N–H and O–H groups in total. The van der Waals surface area contributed by atoms with Crippen LogP contribution < -0.4 is 4.74 Å². The number of alkyl halides is 4. The van der Waals surface area contributed by atoms with Gasteiger partial charge in [0.15, 0.2) is 0 Å². The Bertz CT molecular complexity index is 537. The summed E-state index contributed by atoms with van der Waals surface area (Å²) in [7, 11) is 1.13. The fraction of sp³-hybridized carbons (Fsp3) is 0.273. The lowest BCUT2D eigenvalue weighted by atomic mass is 10.0. The van der Waals surface area contributed by atoms with Crippen molar-refractivity contribution in [2.75, 3.05) is 7.11 Å². The van der Waals surface area contributed by atoms with E-state index in [1.54, 1.807) is 6.07 Å². The van der Waals surface area contributed by atoms with Crippen molar-refractivity contribution in [3.05, 3.63) is 28.8 Å². The van der Waals surface area contributed by atoms with Crippen LogP contribution in [-0.2, 0) is 10.1 Å². The molecule has 0 unspecified atom stereocenters. The van der Waals surface area contributed by atoms with Crippen LogP contribution in [0.15, 0.2) is 12.1 Å². The molecule has 0 spiro atoms. The van der Waals surface area contributed by atoms with E-state index >= 15 is 0 Å². The summed E-state index contributed by atoms with van der Waals surface area (Å²) in [4.78, 5) is 11.4. The van der Waals surface area contributed by atoms with Gasteiger partial charge in [0.2, 0.25) is 0 Å². The molecule has 4 nitrogen and oxygen atoms in total. The number of hydrogen-bond donors (Lipinski definition) is 0. The lowest BCUT2D eigenvalue weighted by Gasteiger charge is -2.14. The predicted molar refractivity (Wildman–Crippen MR) is 61.8 cm³/mol. The van der Waals surface area contributed by atoms with Crippen LogP contribution in [0.4, 0.5) is 13.2 Å². The van der Waals surface area contributed by atoms with Gasteiger partial charge in [-0.3, -0.25) is 0 Å². The van der Waals surface area contributed by atoms with Gasteiger partial charge in [-0.15, -0.1) is 13.2 Å². The largest absolute Gasteiger partial charge is 0.573 e. The number of rotatable bonds is 3. The molecule has 0 aromatic heterocycles. The van der Waals surface area contributed by atoms with E-state index in [1.807, 2.05) is 0 Å². The Hall–Kier alpha value is -1.75. The summed E-state index contributed by atoms with van der Waals surface area (Å²) in [6, 6.07) is 3.62. The molecule has 8 heteroatoms. The molecule has 0 radical (unpaired) electrons. The zero-order valence-corrected chi connectivity index (χ0v) is 11.1. The van der Waals surface area contributed by atoms with E-state index in [1.165, 1.54) is 0 Å². The molecule has 0 aliphatic rings. The number of esters is 1. The number of halogens is 4. The molecule has 102 valence electrons. The Balaban J connectivity index is 3.40. The highest BCUT2D eigenvalue weighted by Crippen LogP contribution is 2.31. The second kappa shape index (κ2) is 5.93. The van der Waals surface area contributed by atoms with Gasteiger partial charge in [0.25, 0.3) is 0 Å². The molecule has 0 aliphatic carbocycles. The minimum Gasteiger partial charge on any atom is -0.465 e. The standard InChI is InChI=1S/C11H7BrF3NO3/c1-18-10(17)6-2-3-9(19-11(13,14)15)8(5-16)7(6)4-12/h2-3H,4H2,1H3. The van der Waals surface area contributed by atoms with Crippen LogP contribution in [0.2, 0.25) is 0 Å². The van der Waals surface area contributed by atoms with Crippen LogP contribution >= 0.6 is 15.9 Å². The van der Waals surface area contributed by atoms with Crippen molar-refractivity contribution in [3.63, 3.8) is 0 Å². The summed E-state index contributed by atoms with van der Waals surface area (Å²) >= 11 is 3.02. The van der Waals surface area contributed by atoms with Crippen molar-refractivity contribution in [2.24, 2.45) is 0 Å². The van der Waals surface area contributed by atoms with Crippen LogP contribution in [0.25, 0.3) is 0 Å². The molecule has 0 fully saturated rings. The maximum absolute atomic E-state index is 12.2. The summed E-state index contributed by atoms with van der Waals surface area (Å²) in [5.41, 5.74) is -0.279. The van der Waals surface area contributed by atoms with E-state index in [2.05, 4.69) is 25.4 Å². The second-order valence-electron chi connectivity index (χ2n) is 3.25. The van der Waals surface area contributed by atoms with Crippen LogP contribution in [0.3, 0.4) is 0 Å². The molecule has 1 aromatic carbocycles. The molecule has 0 heterocycles. The highest BCUT2D eigenvalue weighted by atomic mass is 79.9. The first-order valence-electron chi connectivity index (χ1n) is 4.80. The number of carbonyl (C=O) groups excluding carboxylic acids is 1. The number of carbonyl (C=O) groups is 1. The second-order valence-corrected chi connectivity index (χ2v) is 3.81. The Morgan fingerprint density at radius 2 is 2.11 bits per heavy atom. The minimum atomic E-state index is -4.91. The van der Waals surface area contributed by atoms with Crippen molar-refractivity contribution in [1.29, 1.82) is 5.26 Å². The Morgan fingerprint density at radius 1 is 1.47 bits per heavy atom. The third-order valence-corrected chi connectivity index (χ3v) is 2.71. The summed E-state index contributed by atoms with van der Waals surface area (Å²) in [6.07, 6.45) is -4.91. The smallest absolute Gasteiger partial charge is 0.465 e. The van der Waals surface area contributed by atoms with Crippen molar-refractivity contribution < 1.29 is 27.4 Å². The first kappa shape index (κ1) is 15.3. The fourth-order valence-electron chi connectivity index (χ4n) is 1.40. The van der Waals surface area contributed by atoms with Gasteiger partial charge in [0, 0.05) is 5.33 Å². The van der Waals surface area contributed by atoms with Gasteiger partial charge in [-0.1, -0.05) is 15.9 Å². The number of hydrogen-bond acceptors (Lipinski definition) is 4. The molecule has 1 rings (SSSR count). The number of ether oxygens (including phenoxy) is 2. The summed E-state index contributed by atoms with van der Waals surface area (Å²) < 4.78 is 44.8. The fourth-order valence-corrected chi connectivity index (χ4v) is 1.98. The Kier molecular flexibility index (Phi) is 4.78. The molecule has 0 bridgehead atoms. The summed E-state index contributed by atoms with van der Waals surface area (Å²) in [6.45, 7) is 0. The van der Waals surface area contributed by atoms with Crippen LogP contribution in [0, 0.1) is 11.3 Å². The van der Waals surface area contributed by atoms with Crippen LogP contribution in [0.1, 0.15) is 21.5 Å². The molecule has 0 saturated heterocycles. The molecule has 19 heavy (non-hydrogen) atoms. The van der Waals surface area contributed by atoms with Crippen LogP contribution in [0.5, 0.6) is 5.75 Å². The molecule has 0 amide bonds. The number of benzene rings is 1. The first-order chi connectivity index (χ1) is 8.84. The lowest BCUT2D eigenvalue weighted by molar-refractivity contribution is -0.274. The monoisotopic (exact) mass is 337 g/mol. The number of nitriles is 1. The molecule has 0 aliphatic heterocycles. The molecular formula is C11H7BrF3NO3. The van der Waals surface area contributed by atoms with Gasteiger partial charge in [-0.2, -0.15) is 5.26 Å². The van der Waals surface area contributed by atoms with Crippen molar-refractivity contribution in [1.82, 2.24) is 0 Å². The number of nitrogens with zero attached hydrogens (tertiary/aromatic N) is 1. The van der Waals surface area contributed by atoms with Gasteiger partial charge in [0.05, 0.1) is 18.2 Å². The van der Waals surface area contributed by atoms with Crippen molar-refractivity contribution >= 4 is 21.9 Å². The van der Waals surface area contributed by atoms with E-state index in [0.717, 1.165) is 19.2 Å². The first-order valence-corrected chi connectivity index (χ1v) is 5.92. The quantitative estimate of drug-likeness (QED) is 0.628. The van der Waals surface area contributed by atoms with E-state index in [4.69, 9.17) is 5.26 Å². The molecular weight excluding hydrogens is 331 g/mol. The lowest BCUT2D eigenvalue weighted by Crippen LogP contribution is -2.19. The van der Waals surface area contributed by atoms with E-state index < -0.39 is 18.1 Å². The topological polar surface area (TPSA) is 59.3 Å². The molecule has 0 atom stereocenters. The average molecular weight is 338 g/mol. The third-order valence-electron chi connectivity index (χ3n) is 2.15. The predicted octanol–water partition coefficient (Wildman–Crippen LogP) is 3.14. The van der Waals surface area contributed by atoms with Gasteiger partial charge >= 0.3 is 12.3 Å². The normalized spacial score (nSPS) is 10.7. The minimum absolute atomic E-state index is 0.00505. The van der Waals surface area contributed by atoms with Crippen LogP contribution in [-0.4, -0.2) is 19.4 Å². The molecule has 1 aromatic rings. The highest BCUT2D eigenvalue weighted by molar-refractivity contribution is 9.08. The number of methoxy groups -OCH3 is 1. The zero-order valence-electron chi connectivity index (χ0n) is 9.55. The maximum Gasteiger partial charge on any atom is 0.573 e. The van der Waals surface area contributed by atoms with Crippen molar-refractivity contribution in [2.45, 2.75) is 11.7 Å². The Labute approximate surface area is 114 Å². The van der Waals surface area contributed by atoms with Gasteiger partial charge in [-0.25, -0.2) is 4.79 Å². The van der Waals surface area contributed by atoms with E-state index in [9.17, 15) is 18.0 Å². The average Bonchev–Trinajstić information content (AvgIpc) is 2.35. The van der Waals surface area contributed by atoms with Gasteiger partial charge < -0.3 is 9.47 Å². The summed E-state index contributed by atoms with van der Waals surface area (Å²) in [5, 5.41) is 8.95. The van der Waals surface area contributed by atoms with Gasteiger partial charge in [0.1, 0.15) is 11.8 Å². The summed E-state index contributed by atoms with van der Waals surface area (Å²) in [5.74, 6) is -1.40. The van der Waals surface area contributed by atoms with E-state index in [-0.39, 0.29) is 22.0 Å². The highest BCUT2D eigenvalue weighted by Gasteiger charge is 2.33. The zero-order chi connectivity index (χ0) is 14.6. The SMILES string of the molecule is COC(=O)c1ccc(OC(F)(F)F)c(C#N)c1CBr. The van der Waals surface area contributed by atoms with Gasteiger partial charge in [-0.05, 0) is 17.7 Å². The van der Waals surface area contributed by atoms with E-state index in [0.29, 0.717) is 0 Å². The maximum atomic E-state index is 12.2. The van der Waals surface area contributed by atoms with Crippen molar-refractivity contribution in [3.8, 4) is 11.8 Å². The Morgan fingerprint density at radius 3 is 2.53 bits per heavy atom. The third kappa shape index (κ3) is 3.61. The molecule has 0 saturated carbocycles.